The van der Waals surface area contributed by atoms with Crippen LogP contribution in [0, 0.1) is 5.82 Å². The van der Waals surface area contributed by atoms with Gasteiger partial charge in [0.15, 0.2) is 0 Å². The van der Waals surface area contributed by atoms with E-state index in [9.17, 15) is 22.4 Å². The van der Waals surface area contributed by atoms with Crippen molar-refractivity contribution < 1.29 is 22.4 Å². The fourth-order valence-corrected chi connectivity index (χ4v) is 1.48. The van der Waals surface area contributed by atoms with Crippen molar-refractivity contribution in [3.05, 3.63) is 35.6 Å². The summed E-state index contributed by atoms with van der Waals surface area (Å²) in [7, 11) is 0. The van der Waals surface area contributed by atoms with Crippen molar-refractivity contribution in [2.75, 3.05) is 0 Å². The SMILES string of the molecule is CC(N)C(=O)NC(CC(F)(F)F)c1ccc(F)cc1. The van der Waals surface area contributed by atoms with Gasteiger partial charge in [-0.25, -0.2) is 4.39 Å². The summed E-state index contributed by atoms with van der Waals surface area (Å²) < 4.78 is 50.1. The van der Waals surface area contributed by atoms with E-state index < -0.39 is 36.4 Å². The number of nitrogens with two attached hydrogens (primary N) is 1. The summed E-state index contributed by atoms with van der Waals surface area (Å²) in [6, 6.07) is 2.28. The third kappa shape index (κ3) is 5.25. The van der Waals surface area contributed by atoms with E-state index in [2.05, 4.69) is 5.32 Å². The summed E-state index contributed by atoms with van der Waals surface area (Å²) in [4.78, 5) is 11.4. The molecule has 0 aliphatic rings. The van der Waals surface area contributed by atoms with E-state index in [1.165, 1.54) is 19.1 Å². The maximum Gasteiger partial charge on any atom is 0.391 e. The van der Waals surface area contributed by atoms with E-state index >= 15 is 0 Å². The zero-order valence-corrected chi connectivity index (χ0v) is 10.2. The summed E-state index contributed by atoms with van der Waals surface area (Å²) >= 11 is 0. The van der Waals surface area contributed by atoms with Crippen LogP contribution in [0.1, 0.15) is 24.9 Å². The fraction of sp³-hybridized carbons (Fsp3) is 0.417. The van der Waals surface area contributed by atoms with Crippen LogP contribution in [0.5, 0.6) is 0 Å². The zero-order chi connectivity index (χ0) is 14.6. The highest BCUT2D eigenvalue weighted by molar-refractivity contribution is 5.81. The van der Waals surface area contributed by atoms with E-state index in [1.807, 2.05) is 0 Å². The van der Waals surface area contributed by atoms with Crippen LogP contribution >= 0.6 is 0 Å². The molecule has 1 aromatic carbocycles. The predicted molar refractivity (Wildman–Crippen MR) is 61.6 cm³/mol. The van der Waals surface area contributed by atoms with Gasteiger partial charge in [-0.1, -0.05) is 12.1 Å². The molecule has 0 spiro atoms. The number of benzene rings is 1. The third-order valence-corrected chi connectivity index (χ3v) is 2.44. The summed E-state index contributed by atoms with van der Waals surface area (Å²) in [5.41, 5.74) is 5.47. The van der Waals surface area contributed by atoms with Gasteiger partial charge in [-0.15, -0.1) is 0 Å². The first kappa shape index (κ1) is 15.4. The molecule has 3 nitrogen and oxygen atoms in total. The molecule has 0 radical (unpaired) electrons. The highest BCUT2D eigenvalue weighted by Crippen LogP contribution is 2.29. The number of alkyl halides is 3. The number of hydrogen-bond acceptors (Lipinski definition) is 2. The van der Waals surface area contributed by atoms with Crippen molar-refractivity contribution >= 4 is 5.91 Å². The van der Waals surface area contributed by atoms with E-state index in [0.717, 1.165) is 12.1 Å². The topological polar surface area (TPSA) is 55.1 Å². The van der Waals surface area contributed by atoms with Crippen LogP contribution in [0.25, 0.3) is 0 Å². The Morgan fingerprint density at radius 3 is 2.26 bits per heavy atom. The largest absolute Gasteiger partial charge is 0.391 e. The molecule has 0 aliphatic heterocycles. The van der Waals surface area contributed by atoms with Crippen LogP contribution < -0.4 is 11.1 Å². The normalized spacial score (nSPS) is 14.8. The Kier molecular flexibility index (Phi) is 4.88. The van der Waals surface area contributed by atoms with Crippen LogP contribution in [-0.4, -0.2) is 18.1 Å². The molecule has 1 amide bonds. The summed E-state index contributed by atoms with van der Waals surface area (Å²) in [6.45, 7) is 1.37. The Morgan fingerprint density at radius 1 is 1.32 bits per heavy atom. The maximum absolute atomic E-state index is 12.7. The molecule has 2 atom stereocenters. The Morgan fingerprint density at radius 2 is 1.84 bits per heavy atom. The highest BCUT2D eigenvalue weighted by Gasteiger charge is 2.33. The summed E-state index contributed by atoms with van der Waals surface area (Å²) in [5, 5.41) is 2.20. The van der Waals surface area contributed by atoms with Crippen LogP contribution in [0.4, 0.5) is 17.6 Å². The molecule has 0 fully saturated rings. The molecular weight excluding hydrogens is 264 g/mol. The average Bonchev–Trinajstić information content (AvgIpc) is 2.27. The smallest absolute Gasteiger partial charge is 0.348 e. The summed E-state index contributed by atoms with van der Waals surface area (Å²) in [5.74, 6) is -1.26. The van der Waals surface area contributed by atoms with Gasteiger partial charge in [-0.3, -0.25) is 4.79 Å². The molecule has 2 unspecified atom stereocenters. The second-order valence-electron chi connectivity index (χ2n) is 4.22. The number of nitrogens with one attached hydrogen (secondary N) is 1. The number of rotatable bonds is 4. The first-order chi connectivity index (χ1) is 8.69. The molecule has 0 heterocycles. The van der Waals surface area contributed by atoms with Crippen LogP contribution in [-0.2, 0) is 4.79 Å². The molecule has 0 aliphatic carbocycles. The number of amides is 1. The van der Waals surface area contributed by atoms with Gasteiger partial charge in [0.25, 0.3) is 0 Å². The lowest BCUT2D eigenvalue weighted by molar-refractivity contribution is -0.143. The van der Waals surface area contributed by atoms with E-state index in [-0.39, 0.29) is 5.56 Å². The number of carbonyl (C=O) groups excluding carboxylic acids is 1. The second kappa shape index (κ2) is 6.01. The van der Waals surface area contributed by atoms with Crippen molar-refractivity contribution in [3.63, 3.8) is 0 Å². The third-order valence-electron chi connectivity index (χ3n) is 2.44. The molecule has 106 valence electrons. The monoisotopic (exact) mass is 278 g/mol. The molecule has 7 heteroatoms. The van der Waals surface area contributed by atoms with Crippen molar-refractivity contribution in [1.29, 1.82) is 0 Å². The highest BCUT2D eigenvalue weighted by atomic mass is 19.4. The van der Waals surface area contributed by atoms with Gasteiger partial charge in [0.2, 0.25) is 5.91 Å². The quantitative estimate of drug-likeness (QED) is 0.830. The van der Waals surface area contributed by atoms with Crippen molar-refractivity contribution in [2.24, 2.45) is 5.73 Å². The maximum atomic E-state index is 12.7. The Hall–Kier alpha value is -1.63. The minimum Gasteiger partial charge on any atom is -0.348 e. The van der Waals surface area contributed by atoms with Crippen molar-refractivity contribution in [1.82, 2.24) is 5.32 Å². The minimum atomic E-state index is -4.45. The van der Waals surface area contributed by atoms with Gasteiger partial charge < -0.3 is 11.1 Å². The van der Waals surface area contributed by atoms with Gasteiger partial charge in [0.1, 0.15) is 5.82 Å². The second-order valence-corrected chi connectivity index (χ2v) is 4.22. The van der Waals surface area contributed by atoms with Gasteiger partial charge in [-0.05, 0) is 24.6 Å². The van der Waals surface area contributed by atoms with Crippen molar-refractivity contribution in [3.8, 4) is 0 Å². The molecule has 1 rings (SSSR count). The van der Waals surface area contributed by atoms with Gasteiger partial charge in [0.05, 0.1) is 18.5 Å². The number of hydrogen-bond donors (Lipinski definition) is 2. The fourth-order valence-electron chi connectivity index (χ4n) is 1.48. The van der Waals surface area contributed by atoms with Gasteiger partial charge in [-0.2, -0.15) is 13.2 Å². The van der Waals surface area contributed by atoms with E-state index in [1.54, 1.807) is 0 Å². The molecule has 0 saturated heterocycles. The molecule has 0 saturated carbocycles. The standard InChI is InChI=1S/C12H14F4N2O/c1-7(17)11(19)18-10(6-12(14,15)16)8-2-4-9(13)5-3-8/h2-5,7,10H,6,17H2,1H3,(H,18,19). The van der Waals surface area contributed by atoms with Crippen molar-refractivity contribution in [2.45, 2.75) is 31.6 Å². The first-order valence-corrected chi connectivity index (χ1v) is 5.57. The zero-order valence-electron chi connectivity index (χ0n) is 10.2. The van der Waals surface area contributed by atoms with E-state index in [0.29, 0.717) is 0 Å². The van der Waals surface area contributed by atoms with Gasteiger partial charge >= 0.3 is 6.18 Å². The average molecular weight is 278 g/mol. The van der Waals surface area contributed by atoms with Crippen LogP contribution in [0.15, 0.2) is 24.3 Å². The Bertz CT molecular complexity index is 428. The lowest BCUT2D eigenvalue weighted by atomic mass is 10.0. The molecule has 19 heavy (non-hydrogen) atoms. The predicted octanol–water partition coefficient (Wildman–Crippen LogP) is 2.28. The summed E-state index contributed by atoms with van der Waals surface area (Å²) in [6.07, 6.45) is -5.69. The molecule has 3 N–H and O–H groups in total. The van der Waals surface area contributed by atoms with Crippen LogP contribution in [0.2, 0.25) is 0 Å². The minimum absolute atomic E-state index is 0.174. The van der Waals surface area contributed by atoms with Gasteiger partial charge in [0, 0.05) is 0 Å². The molecule has 0 bridgehead atoms. The number of halogens is 4. The molecule has 0 aromatic heterocycles. The lowest BCUT2D eigenvalue weighted by Crippen LogP contribution is -2.41. The first-order valence-electron chi connectivity index (χ1n) is 5.57. The van der Waals surface area contributed by atoms with E-state index in [4.69, 9.17) is 5.73 Å². The molecule has 1 aromatic rings. The number of carbonyl (C=O) groups is 1. The molecular formula is C12H14F4N2O. The Balaban J connectivity index is 2.92. The van der Waals surface area contributed by atoms with Crippen LogP contribution in [0.3, 0.4) is 0 Å². The Labute approximate surface area is 107 Å². The lowest BCUT2D eigenvalue weighted by Gasteiger charge is -2.21.